The fraction of sp³-hybridized carbons (Fsp3) is 0.136. The van der Waals surface area contributed by atoms with Gasteiger partial charge in [0, 0.05) is 40.8 Å². The topological polar surface area (TPSA) is 197 Å². The van der Waals surface area contributed by atoms with E-state index in [1.54, 1.807) is 73.8 Å². The third-order valence-corrected chi connectivity index (χ3v) is 12.4. The van der Waals surface area contributed by atoms with Crippen LogP contribution in [-0.4, -0.2) is 80.8 Å². The van der Waals surface area contributed by atoms with Crippen LogP contribution in [0, 0.1) is 3.57 Å². The maximum atomic E-state index is 11.4. The Balaban J connectivity index is 0.000000226. The lowest BCUT2D eigenvalue weighted by Gasteiger charge is -2.11. The Bertz CT molecular complexity index is 3210. The number of carbonyl (C=O) groups is 3. The molecule has 0 heterocycles. The van der Waals surface area contributed by atoms with E-state index >= 15 is 0 Å². The first-order chi connectivity index (χ1) is 37.8. The van der Waals surface area contributed by atoms with Crippen LogP contribution in [0.3, 0.4) is 0 Å². The monoisotopic (exact) mass is 1350 g/mol. The fourth-order valence-electron chi connectivity index (χ4n) is 6.61. The zero-order valence-electron chi connectivity index (χ0n) is 43.2. The van der Waals surface area contributed by atoms with Crippen LogP contribution in [0.15, 0.2) is 185 Å². The minimum absolute atomic E-state index is 0.0725. The molecule has 20 heteroatoms. The average Bonchev–Trinajstić information content (AvgIpc) is 3.41. The normalized spacial score (nSPS) is 9.92. The van der Waals surface area contributed by atoms with Crippen LogP contribution < -0.4 is 29.1 Å². The molecule has 0 aromatic heterocycles. The number of rotatable bonds is 15. The van der Waals surface area contributed by atoms with Gasteiger partial charge in [-0.15, -0.1) is 0 Å². The van der Waals surface area contributed by atoms with Crippen molar-refractivity contribution in [1.29, 1.82) is 0 Å². The summed E-state index contributed by atoms with van der Waals surface area (Å²) in [7, 11) is 5.88. The summed E-state index contributed by atoms with van der Waals surface area (Å²) in [6, 6.07) is 52.3. The lowest BCUT2D eigenvalue weighted by Crippen LogP contribution is -2.29. The van der Waals surface area contributed by atoms with Gasteiger partial charge >= 0.3 is 25.0 Å². The van der Waals surface area contributed by atoms with Gasteiger partial charge in [-0.3, -0.25) is 14.4 Å². The van der Waals surface area contributed by atoms with Crippen LogP contribution in [0.5, 0.6) is 46.0 Å². The van der Waals surface area contributed by atoms with Crippen molar-refractivity contribution in [2.24, 2.45) is 0 Å². The molecule has 79 heavy (non-hydrogen) atoms. The summed E-state index contributed by atoms with van der Waals surface area (Å²) >= 11 is 20.5. The fourth-order valence-corrected chi connectivity index (χ4v) is 8.61. The van der Waals surface area contributed by atoms with Crippen molar-refractivity contribution >= 4 is 108 Å². The highest BCUT2D eigenvalue weighted by atomic mass is 127. The number of aromatic hydroxyl groups is 1. The smallest absolute Gasteiger partial charge is 0.488 e. The minimum atomic E-state index is -1.41. The third-order valence-electron chi connectivity index (χ3n) is 10.3. The van der Waals surface area contributed by atoms with E-state index in [4.69, 9.17) is 62.0 Å². The van der Waals surface area contributed by atoms with Gasteiger partial charge < -0.3 is 53.4 Å². The van der Waals surface area contributed by atoms with Crippen molar-refractivity contribution in [3.63, 3.8) is 0 Å². The number of carboxylic acids is 1. The van der Waals surface area contributed by atoms with Gasteiger partial charge in [0.1, 0.15) is 46.0 Å². The highest BCUT2D eigenvalue weighted by molar-refractivity contribution is 14.1. The first-order valence-corrected chi connectivity index (χ1v) is 26.8. The quantitative estimate of drug-likeness (QED) is 0.0430. The summed E-state index contributed by atoms with van der Waals surface area (Å²) in [5.74, 6) is 2.67. The van der Waals surface area contributed by atoms with E-state index in [9.17, 15) is 19.5 Å². The van der Waals surface area contributed by atoms with Gasteiger partial charge in [-0.1, -0.05) is 104 Å². The number of hydrogen-bond acceptors (Lipinski definition) is 13. The first kappa shape index (κ1) is 64.7. The maximum Gasteiger partial charge on any atom is 0.488 e. The lowest BCUT2D eigenvalue weighted by atomic mass is 9.81. The Morgan fingerprint density at radius 1 is 0.481 bits per heavy atom. The highest BCUT2D eigenvalue weighted by Gasteiger charge is 2.12. The number of carboxylic acid groups (broad SMARTS) is 1. The number of hydrogen-bond donors (Lipinski definition) is 4. The van der Waals surface area contributed by atoms with Gasteiger partial charge in [0.05, 0.1) is 54.8 Å². The van der Waals surface area contributed by atoms with Crippen LogP contribution in [0.1, 0.15) is 16.7 Å². The van der Waals surface area contributed by atoms with Crippen molar-refractivity contribution < 1.29 is 67.8 Å². The summed E-state index contributed by atoms with van der Waals surface area (Å²) in [4.78, 5) is 33.3. The number of aliphatic carboxylic acids is 1. The Kier molecular flexibility index (Phi) is 28.1. The Morgan fingerprint density at radius 2 is 0.911 bits per heavy atom. The van der Waals surface area contributed by atoms with Gasteiger partial charge in [0.15, 0.2) is 0 Å². The molecule has 8 rings (SSSR count). The number of methoxy groups -OCH3 is 5. The molecule has 14 nitrogen and oxygen atoms in total. The van der Waals surface area contributed by atoms with E-state index in [-0.39, 0.29) is 37.0 Å². The highest BCUT2D eigenvalue weighted by Crippen LogP contribution is 2.32. The summed E-state index contributed by atoms with van der Waals surface area (Å²) in [5.41, 5.74) is 4.51. The number of ether oxygens (including phenoxy) is 7. The van der Waals surface area contributed by atoms with Crippen molar-refractivity contribution in [2.75, 3.05) is 35.5 Å². The molecule has 0 aliphatic rings. The maximum absolute atomic E-state index is 11.4. The van der Waals surface area contributed by atoms with E-state index < -0.39 is 13.1 Å². The van der Waals surface area contributed by atoms with Crippen molar-refractivity contribution in [3.8, 4) is 57.1 Å². The number of carbonyl (C=O) groups excluding carboxylic acids is 2. The molecule has 0 amide bonds. The molecule has 0 bridgehead atoms. The summed E-state index contributed by atoms with van der Waals surface area (Å²) < 4.78 is 39.6. The van der Waals surface area contributed by atoms with E-state index in [0.29, 0.717) is 66.9 Å². The Labute approximate surface area is 499 Å². The molecule has 4 N–H and O–H groups in total. The summed E-state index contributed by atoms with van der Waals surface area (Å²) in [5, 5.41) is 36.8. The summed E-state index contributed by atoms with van der Waals surface area (Å²) in [6.45, 7) is 0. The number of esters is 2. The van der Waals surface area contributed by atoms with Crippen LogP contribution in [0.4, 0.5) is 0 Å². The molecular weight excluding hydrogens is 1300 g/mol. The van der Waals surface area contributed by atoms with Gasteiger partial charge in [-0.05, 0) is 165 Å². The molecule has 0 unspecified atom stereocenters. The molecule has 0 saturated carbocycles. The second-order valence-corrected chi connectivity index (χ2v) is 20.2. The number of benzene rings is 8. The standard InChI is InChI=1S/C21H17ClO4.C16H15BrO4.C10H12O4.C6H6BClO2.C6H4BrI/c1-25-19-9-14(11-21(23)24)10-20(13-19)26-18-4-2-3-16(12-18)15-5-7-17(22)8-6-15;1-19-14-6-11(8-16(18)20-2)7-15(10-14)21-13-5-3-4-12(17)9-13;1-13-9-4-7(3-8(11)6-9)5-10(12)14-2;8-6-3-1-5(2-4-6)7(9)10;7-5-2-1-3-6(8)4-5/h2-10,12-13H,11H2,1H3,(H,23,24);3-7,9-10H,8H2,1-2H3;3-4,6,11H,5H2,1-2H3;1-4,9-10H;1-4H. The van der Waals surface area contributed by atoms with Crippen LogP contribution in [0.25, 0.3) is 11.1 Å². The van der Waals surface area contributed by atoms with Crippen LogP contribution in [0.2, 0.25) is 10.0 Å². The largest absolute Gasteiger partial charge is 0.508 e. The molecule has 412 valence electrons. The SMILES string of the molecule is Brc1cccc(I)c1.COC(=O)Cc1cc(O)cc(OC)c1.COC(=O)Cc1cc(OC)cc(Oc2cccc(Br)c2)c1.COc1cc(CC(=O)O)cc(Oc2cccc(-c3ccc(Cl)cc3)c2)c1.OB(O)c1ccc(Cl)cc1. The number of phenols is 1. The Hall–Kier alpha value is -6.78. The molecule has 0 fully saturated rings. The van der Waals surface area contributed by atoms with Gasteiger partial charge in [-0.2, -0.15) is 0 Å². The molecule has 0 radical (unpaired) electrons. The summed E-state index contributed by atoms with van der Waals surface area (Å²) in [6.07, 6.45) is 0.197. The van der Waals surface area contributed by atoms with Gasteiger partial charge in [-0.25, -0.2) is 0 Å². The zero-order valence-corrected chi connectivity index (χ0v) is 50.0. The number of halogens is 5. The molecular formula is C59H54BBr2Cl2IO14. The van der Waals surface area contributed by atoms with Crippen molar-refractivity contribution in [1.82, 2.24) is 0 Å². The first-order valence-electron chi connectivity index (χ1n) is 23.4. The molecule has 8 aromatic carbocycles. The predicted octanol–water partition coefficient (Wildman–Crippen LogP) is 13.6. The van der Waals surface area contributed by atoms with E-state index in [1.807, 2.05) is 84.9 Å². The second kappa shape index (κ2) is 34.3. The van der Waals surface area contributed by atoms with E-state index in [0.717, 1.165) is 25.6 Å². The van der Waals surface area contributed by atoms with Crippen LogP contribution >= 0.6 is 77.7 Å². The van der Waals surface area contributed by atoms with Gasteiger partial charge in [0.25, 0.3) is 0 Å². The predicted molar refractivity (Wildman–Crippen MR) is 323 cm³/mol. The number of phenolic OH excluding ortho intramolecular Hbond substituents is 1. The second-order valence-electron chi connectivity index (χ2n) is 16.2. The van der Waals surface area contributed by atoms with E-state index in [1.165, 1.54) is 44.1 Å². The molecule has 8 aromatic rings. The molecule has 0 spiro atoms. The van der Waals surface area contributed by atoms with Crippen molar-refractivity contribution in [3.05, 3.63) is 215 Å². The molecule has 0 saturated heterocycles. The molecule has 0 aliphatic carbocycles. The minimum Gasteiger partial charge on any atom is -0.508 e. The molecule has 0 aliphatic heterocycles. The lowest BCUT2D eigenvalue weighted by molar-refractivity contribution is -0.140. The van der Waals surface area contributed by atoms with Crippen molar-refractivity contribution in [2.45, 2.75) is 19.3 Å². The van der Waals surface area contributed by atoms with Gasteiger partial charge in [0.2, 0.25) is 0 Å². The zero-order chi connectivity index (χ0) is 57.9. The van der Waals surface area contributed by atoms with Crippen LogP contribution in [-0.2, 0) is 43.1 Å². The van der Waals surface area contributed by atoms with E-state index in [2.05, 4.69) is 76.1 Å². The average molecular weight is 1360 g/mol. The molecule has 0 atom stereocenters. The Morgan fingerprint density at radius 3 is 1.35 bits per heavy atom. The third kappa shape index (κ3) is 24.8.